The zero-order valence-corrected chi connectivity index (χ0v) is 16.9. The van der Waals surface area contributed by atoms with Gasteiger partial charge in [-0.05, 0) is 63.2 Å². The fourth-order valence-electron chi connectivity index (χ4n) is 3.44. The van der Waals surface area contributed by atoms with E-state index >= 15 is 0 Å². The van der Waals surface area contributed by atoms with Gasteiger partial charge in [-0.3, -0.25) is 0 Å². The first-order valence-electron chi connectivity index (χ1n) is 9.65. The Morgan fingerprint density at radius 1 is 1.29 bits per heavy atom. The minimum Gasteiger partial charge on any atom is -0.372 e. The van der Waals surface area contributed by atoms with Gasteiger partial charge >= 0.3 is 0 Å². The van der Waals surface area contributed by atoms with Crippen LogP contribution in [0.25, 0.3) is 0 Å². The van der Waals surface area contributed by atoms with E-state index < -0.39 is 0 Å². The molecule has 0 amide bonds. The SMILES string of the molecule is C\C=C(C(/C(C)=C\C=C\CC)=C(/C)N1CCNC(C)C1)\C(C)CC. The van der Waals surface area contributed by atoms with Crippen molar-refractivity contribution in [3.05, 3.63) is 46.7 Å². The van der Waals surface area contributed by atoms with Crippen molar-refractivity contribution in [2.75, 3.05) is 19.6 Å². The van der Waals surface area contributed by atoms with Crippen LogP contribution < -0.4 is 5.32 Å². The zero-order valence-electron chi connectivity index (χ0n) is 16.9. The first-order valence-corrected chi connectivity index (χ1v) is 9.65. The number of nitrogens with one attached hydrogen (secondary N) is 1. The van der Waals surface area contributed by atoms with Gasteiger partial charge in [-0.25, -0.2) is 0 Å². The molecule has 1 N–H and O–H groups in total. The van der Waals surface area contributed by atoms with Crippen LogP contribution in [0.15, 0.2) is 46.7 Å². The number of hydrogen-bond acceptors (Lipinski definition) is 2. The van der Waals surface area contributed by atoms with Crippen molar-refractivity contribution >= 4 is 0 Å². The lowest BCUT2D eigenvalue weighted by Crippen LogP contribution is -2.48. The molecular weight excluding hydrogens is 292 g/mol. The van der Waals surface area contributed by atoms with Crippen molar-refractivity contribution in [2.45, 2.75) is 67.3 Å². The molecule has 1 rings (SSSR count). The Bertz CT molecular complexity index is 508. The standard InChI is InChI=1S/C22H38N2/c1-8-11-12-13-18(5)22(21(10-3)17(4)9-2)20(7)24-15-14-23-19(6)16-24/h10-13,17,19,23H,8-9,14-16H2,1-7H3/b12-11+,18-13-,21-10-,22-20-. The lowest BCUT2D eigenvalue weighted by molar-refractivity contribution is 0.254. The summed E-state index contributed by atoms with van der Waals surface area (Å²) in [7, 11) is 0. The van der Waals surface area contributed by atoms with Crippen molar-refractivity contribution in [3.63, 3.8) is 0 Å². The maximum Gasteiger partial charge on any atom is 0.0327 e. The van der Waals surface area contributed by atoms with Gasteiger partial charge in [0.15, 0.2) is 0 Å². The smallest absolute Gasteiger partial charge is 0.0327 e. The number of piperazine rings is 1. The molecule has 1 saturated heterocycles. The maximum atomic E-state index is 3.55. The van der Waals surface area contributed by atoms with Crippen LogP contribution in [0.2, 0.25) is 0 Å². The molecule has 0 aromatic heterocycles. The lowest BCUT2D eigenvalue weighted by Gasteiger charge is -2.36. The van der Waals surface area contributed by atoms with Crippen molar-refractivity contribution in [3.8, 4) is 0 Å². The van der Waals surface area contributed by atoms with Gasteiger partial charge in [0.25, 0.3) is 0 Å². The average Bonchev–Trinajstić information content (AvgIpc) is 2.58. The largest absolute Gasteiger partial charge is 0.372 e. The van der Waals surface area contributed by atoms with Crippen molar-refractivity contribution in [1.82, 2.24) is 10.2 Å². The minimum absolute atomic E-state index is 0.553. The van der Waals surface area contributed by atoms with E-state index in [-0.39, 0.29) is 0 Å². The van der Waals surface area contributed by atoms with E-state index in [0.717, 1.165) is 26.1 Å². The Hall–Kier alpha value is -1.28. The fraction of sp³-hybridized carbons (Fsp3) is 0.636. The summed E-state index contributed by atoms with van der Waals surface area (Å²) in [6.07, 6.45) is 11.3. The van der Waals surface area contributed by atoms with Gasteiger partial charge in [0, 0.05) is 31.4 Å². The van der Waals surface area contributed by atoms with Crippen LogP contribution in [0.3, 0.4) is 0 Å². The molecule has 24 heavy (non-hydrogen) atoms. The Balaban J connectivity index is 3.32. The molecule has 0 aliphatic carbocycles. The average molecular weight is 331 g/mol. The second-order valence-electron chi connectivity index (χ2n) is 7.00. The van der Waals surface area contributed by atoms with Gasteiger partial charge < -0.3 is 10.2 Å². The Kier molecular flexibility index (Phi) is 9.13. The second-order valence-corrected chi connectivity index (χ2v) is 7.00. The summed E-state index contributed by atoms with van der Waals surface area (Å²) in [5, 5.41) is 3.55. The van der Waals surface area contributed by atoms with Crippen molar-refractivity contribution in [1.29, 1.82) is 0 Å². The molecule has 2 unspecified atom stereocenters. The lowest BCUT2D eigenvalue weighted by atomic mass is 9.86. The molecule has 1 heterocycles. The highest BCUT2D eigenvalue weighted by Crippen LogP contribution is 2.32. The van der Waals surface area contributed by atoms with Crippen LogP contribution in [-0.2, 0) is 0 Å². The highest BCUT2D eigenvalue weighted by atomic mass is 15.2. The van der Waals surface area contributed by atoms with Crippen LogP contribution in [0.4, 0.5) is 0 Å². The molecule has 0 bridgehead atoms. The first-order chi connectivity index (χ1) is 11.5. The van der Waals surface area contributed by atoms with Gasteiger partial charge in [-0.1, -0.05) is 45.1 Å². The van der Waals surface area contributed by atoms with Gasteiger partial charge in [0.1, 0.15) is 0 Å². The molecule has 2 heteroatoms. The molecule has 1 fully saturated rings. The molecular formula is C22H38N2. The van der Waals surface area contributed by atoms with E-state index in [0.29, 0.717) is 12.0 Å². The number of hydrogen-bond donors (Lipinski definition) is 1. The zero-order chi connectivity index (χ0) is 18.1. The molecule has 2 atom stereocenters. The van der Waals surface area contributed by atoms with Gasteiger partial charge in [-0.15, -0.1) is 0 Å². The van der Waals surface area contributed by atoms with E-state index in [2.05, 4.69) is 83.0 Å². The van der Waals surface area contributed by atoms with E-state index in [4.69, 9.17) is 0 Å². The number of nitrogens with zero attached hydrogens (tertiary/aromatic N) is 1. The highest BCUT2D eigenvalue weighted by molar-refractivity contribution is 5.50. The maximum absolute atomic E-state index is 3.55. The van der Waals surface area contributed by atoms with Crippen LogP contribution in [0, 0.1) is 5.92 Å². The van der Waals surface area contributed by atoms with Crippen LogP contribution in [-0.4, -0.2) is 30.6 Å². The van der Waals surface area contributed by atoms with Crippen LogP contribution in [0.5, 0.6) is 0 Å². The van der Waals surface area contributed by atoms with Gasteiger partial charge in [-0.2, -0.15) is 0 Å². The third-order valence-corrected chi connectivity index (χ3v) is 5.06. The summed E-state index contributed by atoms with van der Waals surface area (Å²) in [4.78, 5) is 2.56. The van der Waals surface area contributed by atoms with E-state index in [9.17, 15) is 0 Å². The van der Waals surface area contributed by atoms with E-state index in [1.165, 1.54) is 28.8 Å². The highest BCUT2D eigenvalue weighted by Gasteiger charge is 2.21. The summed E-state index contributed by atoms with van der Waals surface area (Å²) >= 11 is 0. The Labute approximate surface area is 150 Å². The molecule has 0 aromatic carbocycles. The summed E-state index contributed by atoms with van der Waals surface area (Å²) < 4.78 is 0. The third-order valence-electron chi connectivity index (χ3n) is 5.06. The monoisotopic (exact) mass is 330 g/mol. The van der Waals surface area contributed by atoms with Crippen LogP contribution >= 0.6 is 0 Å². The summed E-state index contributed by atoms with van der Waals surface area (Å²) in [5.41, 5.74) is 5.73. The second kappa shape index (κ2) is 10.6. The molecule has 1 aliphatic rings. The fourth-order valence-corrected chi connectivity index (χ4v) is 3.44. The molecule has 2 nitrogen and oxygen atoms in total. The number of allylic oxidation sites excluding steroid dienone is 8. The normalized spacial score (nSPS) is 22.8. The Morgan fingerprint density at radius 2 is 2.00 bits per heavy atom. The third kappa shape index (κ3) is 5.66. The van der Waals surface area contributed by atoms with Crippen LogP contribution in [0.1, 0.15) is 61.3 Å². The summed E-state index contributed by atoms with van der Waals surface area (Å²) in [5.74, 6) is 0.582. The van der Waals surface area contributed by atoms with E-state index in [1.54, 1.807) is 0 Å². The molecule has 0 aromatic rings. The molecule has 0 spiro atoms. The van der Waals surface area contributed by atoms with Gasteiger partial charge in [0.2, 0.25) is 0 Å². The van der Waals surface area contributed by atoms with Crippen molar-refractivity contribution in [2.24, 2.45) is 5.92 Å². The quantitative estimate of drug-likeness (QED) is 0.624. The minimum atomic E-state index is 0.553. The van der Waals surface area contributed by atoms with Crippen molar-refractivity contribution < 1.29 is 0 Å². The predicted octanol–water partition coefficient (Wildman–Crippen LogP) is 5.46. The molecule has 1 aliphatic heterocycles. The molecule has 0 radical (unpaired) electrons. The summed E-state index contributed by atoms with van der Waals surface area (Å²) in [6, 6.07) is 0.553. The molecule has 0 saturated carbocycles. The Morgan fingerprint density at radius 3 is 2.54 bits per heavy atom. The first kappa shape index (κ1) is 20.8. The number of rotatable bonds is 7. The topological polar surface area (TPSA) is 15.3 Å². The summed E-state index contributed by atoms with van der Waals surface area (Å²) in [6.45, 7) is 19.1. The molecule has 136 valence electrons. The van der Waals surface area contributed by atoms with Gasteiger partial charge in [0.05, 0.1) is 0 Å². The predicted molar refractivity (Wildman–Crippen MR) is 108 cm³/mol. The van der Waals surface area contributed by atoms with E-state index in [1.807, 2.05) is 0 Å².